The van der Waals surface area contributed by atoms with Gasteiger partial charge >= 0.3 is 6.09 Å². The molecule has 8 amide bonds. The summed E-state index contributed by atoms with van der Waals surface area (Å²) in [6, 6.07) is -9.19. The number of ether oxygens (including phenoxy) is 7. The summed E-state index contributed by atoms with van der Waals surface area (Å²) in [6.07, 6.45) is -33.6. The largest absolute Gasteiger partial charge is 0.441 e. The number of carbonyl (C=O) groups excluding carboxylic acids is 8. The Labute approximate surface area is 641 Å². The van der Waals surface area contributed by atoms with Crippen LogP contribution in [-0.4, -0.2) is 319 Å². The van der Waals surface area contributed by atoms with Gasteiger partial charge in [0.05, 0.1) is 80.3 Å². The van der Waals surface area contributed by atoms with Gasteiger partial charge in [0, 0.05) is 48.4 Å². The van der Waals surface area contributed by atoms with E-state index in [1.807, 2.05) is 0 Å². The number of piperidine rings is 1. The quantitative estimate of drug-likeness (QED) is 0.0147. The maximum atomic E-state index is 15.3. The first kappa shape index (κ1) is 88.6. The number of nitrogens with one attached hydrogen (secondary N) is 7. The molecule has 47 heteroatoms. The number of likely N-dealkylation sites (tertiary alicyclic amines) is 1. The van der Waals surface area contributed by atoms with Crippen LogP contribution in [0.4, 0.5) is 10.6 Å². The Morgan fingerprint density at radius 1 is 0.757 bits per heavy atom. The lowest BCUT2D eigenvalue weighted by molar-refractivity contribution is -0.372. The van der Waals surface area contributed by atoms with E-state index in [4.69, 9.17) is 67.6 Å². The fourth-order valence-electron chi connectivity index (χ4n) is 12.4. The molecule has 0 bridgehead atoms. The molecule has 0 aromatic carbocycles. The van der Waals surface area contributed by atoms with Gasteiger partial charge in [-0.05, 0) is 60.4 Å². The summed E-state index contributed by atoms with van der Waals surface area (Å²) in [5.74, 6) is -8.23. The predicted molar refractivity (Wildman–Crippen MR) is 381 cm³/mol. The first-order valence-corrected chi connectivity index (χ1v) is 37.1. The van der Waals surface area contributed by atoms with Crippen molar-refractivity contribution in [1.29, 1.82) is 0 Å². The fraction of sp³-hybridized carbons (Fsp3) is 0.672. The number of aromatic nitrogens is 6. The lowest BCUT2D eigenvalue weighted by Crippen LogP contribution is -2.65. The van der Waals surface area contributed by atoms with Crippen LogP contribution in [0.2, 0.25) is 0 Å². The number of amides is 8. The molecule has 4 aromatic rings. The molecule has 30 N–H and O–H groups in total. The van der Waals surface area contributed by atoms with E-state index in [0.29, 0.717) is 12.6 Å². The zero-order chi connectivity index (χ0) is 81.6. The van der Waals surface area contributed by atoms with Crippen LogP contribution in [0, 0.1) is 6.92 Å². The molecule has 111 heavy (non-hydrogen) atoms. The number of nitrogen functional groups attached to an aromatic ring is 1. The minimum Gasteiger partial charge on any atom is -0.441 e. The molecule has 3 unspecified atom stereocenters. The van der Waals surface area contributed by atoms with Gasteiger partial charge in [-0.3, -0.25) is 33.6 Å². The third-order valence-electron chi connectivity index (χ3n) is 19.0. The van der Waals surface area contributed by atoms with Crippen molar-refractivity contribution in [3.63, 3.8) is 0 Å². The number of H-pyrrole nitrogens is 1. The van der Waals surface area contributed by atoms with E-state index in [1.54, 1.807) is 0 Å². The van der Waals surface area contributed by atoms with Gasteiger partial charge in [0.2, 0.25) is 29.5 Å². The average molecular weight is 1610 g/mol. The summed E-state index contributed by atoms with van der Waals surface area (Å²) in [7, 11) is 0. The van der Waals surface area contributed by atoms with Gasteiger partial charge in [-0.1, -0.05) is 6.42 Å². The van der Waals surface area contributed by atoms with Gasteiger partial charge in [-0.2, -0.15) is 0 Å². The van der Waals surface area contributed by atoms with Gasteiger partial charge in [-0.15, -0.1) is 22.7 Å². The van der Waals surface area contributed by atoms with Gasteiger partial charge in [-0.25, -0.2) is 29.7 Å². The summed E-state index contributed by atoms with van der Waals surface area (Å²) in [6.45, 7) is 6.90. The molecule has 26 atom stereocenters. The number of hydrogen-bond acceptors (Lipinski definition) is 38. The molecule has 45 nitrogen and oxygen atoms in total. The Balaban J connectivity index is 1.05. The highest BCUT2D eigenvalue weighted by atomic mass is 32.1. The lowest BCUT2D eigenvalue weighted by atomic mass is 9.97. The number of aromatic amines is 1. The molecule has 0 radical (unpaired) electrons. The van der Waals surface area contributed by atoms with Crippen LogP contribution in [0.5, 0.6) is 0 Å². The molecule has 0 spiro atoms. The summed E-state index contributed by atoms with van der Waals surface area (Å²) in [4.78, 5) is 135. The van der Waals surface area contributed by atoms with E-state index in [0.717, 1.165) is 74.5 Å². The molecule has 0 saturated carbocycles. The van der Waals surface area contributed by atoms with Crippen molar-refractivity contribution in [3.8, 4) is 10.7 Å². The smallest absolute Gasteiger partial charge is 0.404 e. The summed E-state index contributed by atoms with van der Waals surface area (Å²) < 4.78 is 40.5. The summed E-state index contributed by atoms with van der Waals surface area (Å²) in [5, 5.41) is 141. The molecule has 618 valence electrons. The Bertz CT molecular complexity index is 3780. The third-order valence-corrected chi connectivity index (χ3v) is 20.8. The summed E-state index contributed by atoms with van der Waals surface area (Å²) >= 11 is 1.94. The van der Waals surface area contributed by atoms with Crippen molar-refractivity contribution in [2.75, 3.05) is 45.1 Å². The van der Waals surface area contributed by atoms with Gasteiger partial charge in [0.25, 0.3) is 11.8 Å². The van der Waals surface area contributed by atoms with Crippen LogP contribution >= 0.6 is 22.7 Å². The normalized spacial score (nSPS) is 28.5. The number of hydrogen-bond donors (Lipinski definition) is 24. The first-order valence-electron chi connectivity index (χ1n) is 35.3. The van der Waals surface area contributed by atoms with Crippen molar-refractivity contribution in [2.45, 2.75) is 232 Å². The van der Waals surface area contributed by atoms with Gasteiger partial charge < -0.3 is 166 Å². The van der Waals surface area contributed by atoms with Crippen molar-refractivity contribution in [3.05, 3.63) is 56.8 Å². The van der Waals surface area contributed by atoms with Crippen molar-refractivity contribution in [1.82, 2.24) is 66.7 Å². The number of aliphatic hydroxyl groups is 11. The first-order chi connectivity index (χ1) is 52.5. The molecule has 4 saturated heterocycles. The third kappa shape index (κ3) is 22.7. The van der Waals surface area contributed by atoms with Crippen LogP contribution in [0.3, 0.4) is 0 Å². The lowest BCUT2D eigenvalue weighted by Gasteiger charge is -2.47. The molecular weight excluding hydrogens is 1510 g/mol. The maximum absolute atomic E-state index is 15.3. The molecule has 0 aliphatic carbocycles. The Hall–Kier alpha value is -7.93. The predicted octanol–water partition coefficient (Wildman–Crippen LogP) is -9.33. The van der Waals surface area contributed by atoms with E-state index < -0.39 is 250 Å². The zero-order valence-corrected chi connectivity index (χ0v) is 62.4. The molecule has 8 heterocycles. The number of carbonyl (C=O) groups is 8. The molecule has 8 rings (SSSR count). The number of imidazole rings is 1. The van der Waals surface area contributed by atoms with E-state index in [1.165, 1.54) is 38.0 Å². The topological polar surface area (TPSA) is 735 Å². The van der Waals surface area contributed by atoms with E-state index in [-0.39, 0.29) is 32.7 Å². The molecule has 4 fully saturated rings. The highest BCUT2D eigenvalue weighted by molar-refractivity contribution is 7.14. The standard InChI is InChI=1S/C64H99N19O26S2/c1-22-9-6-7-11-83(22)12-8-10-72-54(98)30-19-110-59(76-30)31-20-111-60(77-31)47(96)58(109-61-45(94)43(92)37(67)26(5)103-61)82-56(100)39(25(4)86)78-36(89)14-32(87)24(3)75-57(101)40(80-55(99)38-23(2)51(68)81-53(79-38)28(13-35(66)88)73-15-27(65)52(69)97)48(29-16-71-21-74-29)106-63-50(44(93)41(90)33(17-84)105-63)107-62-46(95)49(108-64(70)102)42(91)34(18-85)104-62/h16,19-22,24-28,32-34,37,39-50,58,61-63,73,84-87,90-96H,6-15,17-18,65,67H2,1-5H3,(H2,66,88)(H2,69,97)(H2,70,102)(H,71,74)(H,72,98)(H,75,101)(H,78,89)(H,80,99)(H,82,100)(H2,68,79,81)/t22?,24-,25-,26+,27+,28+,32+,33+,34-,37-,39+,40+,41-,42-,43-,44+,45-,46+,47?,48+,49+,50+,58?,61+,62-,63+/m1/s1. The van der Waals surface area contributed by atoms with E-state index >= 15 is 9.59 Å². The summed E-state index contributed by atoms with van der Waals surface area (Å²) in [5.41, 5.74) is 33.6. The highest BCUT2D eigenvalue weighted by Gasteiger charge is 2.54. The number of nitrogens with zero attached hydrogens (tertiary/aromatic N) is 6. The van der Waals surface area contributed by atoms with E-state index in [2.05, 4.69) is 73.6 Å². The second-order valence-electron chi connectivity index (χ2n) is 27.2. The Kier molecular flexibility index (Phi) is 32.1. The Morgan fingerprint density at radius 2 is 1.45 bits per heavy atom. The highest BCUT2D eigenvalue weighted by Crippen LogP contribution is 2.36. The Morgan fingerprint density at radius 3 is 2.10 bits per heavy atom. The number of rotatable bonds is 37. The van der Waals surface area contributed by atoms with E-state index in [9.17, 15) is 84.9 Å². The monoisotopic (exact) mass is 1610 g/mol. The van der Waals surface area contributed by atoms with Crippen LogP contribution in [0.25, 0.3) is 10.7 Å². The number of thiazole rings is 2. The maximum Gasteiger partial charge on any atom is 0.404 e. The number of primary amides is 3. The van der Waals surface area contributed by atoms with Gasteiger partial charge in [0.15, 0.2) is 37.3 Å². The number of nitrogens with two attached hydrogens (primary N) is 6. The average Bonchev–Trinajstić information content (AvgIpc) is 1.18. The van der Waals surface area contributed by atoms with Crippen LogP contribution < -0.4 is 66.3 Å². The number of anilines is 1. The van der Waals surface area contributed by atoms with Gasteiger partial charge in [0.1, 0.15) is 112 Å². The fourth-order valence-corrected chi connectivity index (χ4v) is 14.0. The van der Waals surface area contributed by atoms with Crippen LogP contribution in [0.15, 0.2) is 23.3 Å². The second-order valence-corrected chi connectivity index (χ2v) is 29.0. The van der Waals surface area contributed by atoms with Crippen LogP contribution in [0.1, 0.15) is 128 Å². The van der Waals surface area contributed by atoms with Crippen LogP contribution in [-0.2, 0) is 57.1 Å². The molecule has 4 aliphatic rings. The zero-order valence-electron chi connectivity index (χ0n) is 60.8. The van der Waals surface area contributed by atoms with Crippen molar-refractivity contribution >= 4 is 75.9 Å². The molecule has 4 aromatic heterocycles. The minimum atomic E-state index is -2.26. The minimum absolute atomic E-state index is 0.106. The number of aliphatic hydroxyl groups excluding tert-OH is 11. The van der Waals surface area contributed by atoms with Crippen molar-refractivity contribution in [2.24, 2.45) is 28.7 Å². The second kappa shape index (κ2) is 40.2. The SMILES string of the molecule is Cc1c(N)nc([C@H](CC(N)=O)NC[C@H](N)C(N)=O)nc1C(=O)N[C@H](C(=O)N[C@H](C)[C@@H](O)CC(=O)N[C@H](C(=O)NC(O[C@@H]1O[C@@H](C)[C@@H](N)[C@@H](O)[C@H]1O)C(O)c1nc(-c2nc(C(=O)NCCCN3CCCCC3C)cs2)cs1)[C@@H](C)O)[C@@H](O[C@@H]1O[C@@H](CO)[C@@H](O)[C@H](O)[C@@H]1O[C@H]1O[C@H](CO)[C@@H](O)[C@H](OC(N)=O)[C@@H]1O)c1cnc[nH]1. The molecular formula is C64H99N19O26S2. The van der Waals surface area contributed by atoms with Crippen molar-refractivity contribution < 1.29 is 128 Å². The molecule has 4 aliphatic heterocycles.